The lowest BCUT2D eigenvalue weighted by molar-refractivity contribution is 0.0697. The summed E-state index contributed by atoms with van der Waals surface area (Å²) in [6, 6.07) is 5.24. The Morgan fingerprint density at radius 3 is 2.55 bits per heavy atom. The van der Waals surface area contributed by atoms with Crippen molar-refractivity contribution in [1.29, 1.82) is 0 Å². The van der Waals surface area contributed by atoms with E-state index in [1.165, 1.54) is 5.57 Å². The second-order valence-electron chi connectivity index (χ2n) is 6.11. The third-order valence-corrected chi connectivity index (χ3v) is 4.03. The molecule has 0 saturated carbocycles. The van der Waals surface area contributed by atoms with Gasteiger partial charge in [0.25, 0.3) is 0 Å². The minimum Gasteiger partial charge on any atom is -0.478 e. The van der Waals surface area contributed by atoms with Gasteiger partial charge in [0.05, 0.1) is 10.7 Å². The van der Waals surface area contributed by atoms with Crippen LogP contribution in [0.3, 0.4) is 0 Å². The van der Waals surface area contributed by atoms with Crippen LogP contribution in [0.4, 0.5) is 5.69 Å². The lowest BCUT2D eigenvalue weighted by atomic mass is 9.83. The Labute approximate surface area is 124 Å². The summed E-state index contributed by atoms with van der Waals surface area (Å²) in [5.74, 6) is -0.976. The molecule has 20 heavy (non-hydrogen) atoms. The van der Waals surface area contributed by atoms with Crippen LogP contribution in [0.2, 0.25) is 5.02 Å². The number of hydrogen-bond acceptors (Lipinski definition) is 2. The molecule has 0 radical (unpaired) electrons. The Hall–Kier alpha value is -1.48. The van der Waals surface area contributed by atoms with Gasteiger partial charge in [-0.3, -0.25) is 0 Å². The van der Waals surface area contributed by atoms with E-state index in [0.717, 1.165) is 19.5 Å². The molecule has 0 aliphatic carbocycles. The van der Waals surface area contributed by atoms with Crippen LogP contribution in [0.15, 0.2) is 29.8 Å². The molecule has 1 heterocycles. The topological polar surface area (TPSA) is 40.5 Å². The second kappa shape index (κ2) is 5.49. The Kier molecular flexibility index (Phi) is 4.09. The highest BCUT2D eigenvalue weighted by Crippen LogP contribution is 2.34. The van der Waals surface area contributed by atoms with Crippen LogP contribution >= 0.6 is 11.6 Å². The van der Waals surface area contributed by atoms with Crippen molar-refractivity contribution in [2.75, 3.05) is 18.0 Å². The van der Waals surface area contributed by atoms with Crippen LogP contribution in [-0.4, -0.2) is 24.2 Å². The first-order valence-electron chi connectivity index (χ1n) is 6.77. The Morgan fingerprint density at radius 2 is 2.05 bits per heavy atom. The average Bonchev–Trinajstić information content (AvgIpc) is 2.37. The van der Waals surface area contributed by atoms with Gasteiger partial charge in [-0.25, -0.2) is 4.79 Å². The maximum Gasteiger partial charge on any atom is 0.339 e. The van der Waals surface area contributed by atoms with Crippen molar-refractivity contribution in [3.8, 4) is 0 Å². The van der Waals surface area contributed by atoms with E-state index in [1.807, 2.05) is 6.07 Å². The van der Waals surface area contributed by atoms with E-state index in [9.17, 15) is 9.90 Å². The van der Waals surface area contributed by atoms with Crippen molar-refractivity contribution in [3.05, 3.63) is 40.4 Å². The molecule has 1 N–H and O–H groups in total. The number of carboxylic acid groups (broad SMARTS) is 1. The molecule has 0 unspecified atom stereocenters. The maximum absolute atomic E-state index is 11.4. The molecule has 2 rings (SSSR count). The third kappa shape index (κ3) is 2.98. The van der Waals surface area contributed by atoms with E-state index in [4.69, 9.17) is 11.6 Å². The van der Waals surface area contributed by atoms with Crippen molar-refractivity contribution < 1.29 is 9.90 Å². The molecule has 4 heteroatoms. The van der Waals surface area contributed by atoms with E-state index in [0.29, 0.717) is 10.7 Å². The van der Waals surface area contributed by atoms with Gasteiger partial charge in [0.1, 0.15) is 5.56 Å². The van der Waals surface area contributed by atoms with Gasteiger partial charge in [-0.05, 0) is 24.0 Å². The molecule has 3 nitrogen and oxygen atoms in total. The molecular weight excluding hydrogens is 274 g/mol. The highest BCUT2D eigenvalue weighted by molar-refractivity contribution is 6.34. The molecule has 0 saturated heterocycles. The lowest BCUT2D eigenvalue weighted by Gasteiger charge is -2.34. The van der Waals surface area contributed by atoms with Crippen LogP contribution < -0.4 is 4.90 Å². The van der Waals surface area contributed by atoms with Crippen LogP contribution in [0.25, 0.3) is 0 Å². The van der Waals surface area contributed by atoms with Crippen LogP contribution in [0, 0.1) is 5.41 Å². The van der Waals surface area contributed by atoms with Crippen molar-refractivity contribution >= 4 is 23.3 Å². The Bertz CT molecular complexity index is 558. The molecule has 0 spiro atoms. The van der Waals surface area contributed by atoms with Crippen molar-refractivity contribution in [2.24, 2.45) is 5.41 Å². The number of nitrogens with zero attached hydrogens (tertiary/aromatic N) is 1. The summed E-state index contributed by atoms with van der Waals surface area (Å²) in [6.07, 6.45) is 3.16. The summed E-state index contributed by atoms with van der Waals surface area (Å²) in [5, 5.41) is 9.62. The molecule has 1 aliphatic rings. The fraction of sp³-hybridized carbons (Fsp3) is 0.438. The molecule has 0 amide bonds. The zero-order valence-corrected chi connectivity index (χ0v) is 12.9. The highest BCUT2D eigenvalue weighted by Gasteiger charge is 2.24. The van der Waals surface area contributed by atoms with Crippen LogP contribution in [0.5, 0.6) is 0 Å². The predicted molar refractivity (Wildman–Crippen MR) is 82.8 cm³/mol. The number of carbonyl (C=O) groups is 1. The van der Waals surface area contributed by atoms with Gasteiger partial charge >= 0.3 is 5.97 Å². The zero-order chi connectivity index (χ0) is 14.9. The van der Waals surface area contributed by atoms with Crippen molar-refractivity contribution in [1.82, 2.24) is 0 Å². The van der Waals surface area contributed by atoms with Gasteiger partial charge in [-0.2, -0.15) is 0 Å². The second-order valence-corrected chi connectivity index (χ2v) is 6.52. The number of halogens is 1. The highest BCUT2D eigenvalue weighted by atomic mass is 35.5. The smallest absolute Gasteiger partial charge is 0.339 e. The Balaban J connectivity index is 2.30. The van der Waals surface area contributed by atoms with Gasteiger partial charge in [-0.1, -0.05) is 50.1 Å². The minimum atomic E-state index is -0.976. The standard InChI is InChI=1S/C16H20ClNO2/c1-16(2,3)11-7-9-18(10-8-11)13-6-4-5-12(17)14(13)15(19)20/h4-7H,8-10H2,1-3H3,(H,19,20). The summed E-state index contributed by atoms with van der Waals surface area (Å²) < 4.78 is 0. The monoisotopic (exact) mass is 293 g/mol. The van der Waals surface area contributed by atoms with Gasteiger partial charge in [0, 0.05) is 13.1 Å². The van der Waals surface area contributed by atoms with Crippen molar-refractivity contribution in [3.63, 3.8) is 0 Å². The van der Waals surface area contributed by atoms with E-state index in [1.54, 1.807) is 12.1 Å². The number of hydrogen-bond donors (Lipinski definition) is 1. The SMILES string of the molecule is CC(C)(C)C1=CCN(c2cccc(Cl)c2C(=O)O)CC1. The Morgan fingerprint density at radius 1 is 1.35 bits per heavy atom. The fourth-order valence-electron chi connectivity index (χ4n) is 2.56. The molecule has 1 aromatic carbocycles. The maximum atomic E-state index is 11.4. The lowest BCUT2D eigenvalue weighted by Crippen LogP contribution is -2.32. The predicted octanol–water partition coefficient (Wildman–Crippen LogP) is 4.22. The molecule has 0 atom stereocenters. The summed E-state index contributed by atoms with van der Waals surface area (Å²) >= 11 is 6.02. The fourth-order valence-corrected chi connectivity index (χ4v) is 2.81. The molecule has 1 aliphatic heterocycles. The van der Waals surface area contributed by atoms with Gasteiger partial charge in [0.15, 0.2) is 0 Å². The molecule has 0 fully saturated rings. The summed E-state index contributed by atoms with van der Waals surface area (Å²) in [6.45, 7) is 8.17. The molecule has 0 bridgehead atoms. The van der Waals surface area contributed by atoms with Crippen LogP contribution in [0.1, 0.15) is 37.6 Å². The number of rotatable bonds is 2. The van der Waals surface area contributed by atoms with Gasteiger partial charge in [-0.15, -0.1) is 0 Å². The number of aromatic carboxylic acids is 1. The number of carboxylic acids is 1. The van der Waals surface area contributed by atoms with E-state index in [-0.39, 0.29) is 11.0 Å². The molecular formula is C16H20ClNO2. The first kappa shape index (κ1) is 14.9. The number of benzene rings is 1. The van der Waals surface area contributed by atoms with E-state index < -0.39 is 5.97 Å². The third-order valence-electron chi connectivity index (χ3n) is 3.72. The van der Waals surface area contributed by atoms with Crippen LogP contribution in [-0.2, 0) is 0 Å². The summed E-state index contributed by atoms with van der Waals surface area (Å²) in [7, 11) is 0. The quantitative estimate of drug-likeness (QED) is 0.830. The molecule has 0 aromatic heterocycles. The van der Waals surface area contributed by atoms with E-state index >= 15 is 0 Å². The zero-order valence-electron chi connectivity index (χ0n) is 12.1. The molecule has 108 valence electrons. The molecule has 1 aromatic rings. The van der Waals surface area contributed by atoms with Gasteiger partial charge in [0.2, 0.25) is 0 Å². The normalized spacial score (nSPS) is 16.0. The van der Waals surface area contributed by atoms with Gasteiger partial charge < -0.3 is 10.0 Å². The summed E-state index contributed by atoms with van der Waals surface area (Å²) in [4.78, 5) is 13.5. The summed E-state index contributed by atoms with van der Waals surface area (Å²) in [5.41, 5.74) is 2.50. The van der Waals surface area contributed by atoms with E-state index in [2.05, 4.69) is 31.7 Å². The number of anilines is 1. The minimum absolute atomic E-state index is 0.177. The first-order valence-corrected chi connectivity index (χ1v) is 7.15. The largest absolute Gasteiger partial charge is 0.478 e. The van der Waals surface area contributed by atoms with Crippen molar-refractivity contribution in [2.45, 2.75) is 27.2 Å². The average molecular weight is 294 g/mol. The first-order chi connectivity index (χ1) is 9.30.